The normalized spacial score (nSPS) is 15.4. The first-order valence-electron chi connectivity index (χ1n) is 5.34. The van der Waals surface area contributed by atoms with Gasteiger partial charge in [-0.1, -0.05) is 6.92 Å². The summed E-state index contributed by atoms with van der Waals surface area (Å²) in [5.41, 5.74) is -1.04. The Morgan fingerprint density at radius 3 is 2.39 bits per heavy atom. The van der Waals surface area contributed by atoms with Crippen molar-refractivity contribution in [2.24, 2.45) is 0 Å². The Labute approximate surface area is 105 Å². The van der Waals surface area contributed by atoms with Gasteiger partial charge in [-0.2, -0.15) is 0 Å². The van der Waals surface area contributed by atoms with E-state index < -0.39 is 33.8 Å². The number of benzene rings is 1. The molecule has 1 atom stereocenters. The van der Waals surface area contributed by atoms with Crippen molar-refractivity contribution in [1.29, 1.82) is 0 Å². The molecule has 0 saturated carbocycles. The minimum Gasteiger partial charge on any atom is -0.394 e. The van der Waals surface area contributed by atoms with Crippen LogP contribution in [0.4, 0.5) is 8.78 Å². The van der Waals surface area contributed by atoms with Crippen LogP contribution in [0, 0.1) is 11.6 Å². The molecule has 1 aromatic carbocycles. The smallest absolute Gasteiger partial charge is 0.241 e. The van der Waals surface area contributed by atoms with Crippen molar-refractivity contribution in [3.05, 3.63) is 29.8 Å². The van der Waals surface area contributed by atoms with Crippen molar-refractivity contribution < 1.29 is 22.3 Å². The maximum Gasteiger partial charge on any atom is 0.241 e. The molecule has 18 heavy (non-hydrogen) atoms. The Morgan fingerprint density at radius 1 is 1.33 bits per heavy atom. The molecular formula is C11H15F2NO3S. The van der Waals surface area contributed by atoms with E-state index >= 15 is 0 Å². The fourth-order valence-corrected chi connectivity index (χ4v) is 2.72. The van der Waals surface area contributed by atoms with Crippen LogP contribution in [0.5, 0.6) is 0 Å². The quantitative estimate of drug-likeness (QED) is 0.856. The van der Waals surface area contributed by atoms with Crippen LogP contribution in [-0.4, -0.2) is 25.7 Å². The molecule has 0 saturated heterocycles. The monoisotopic (exact) mass is 279 g/mol. The zero-order valence-electron chi connectivity index (χ0n) is 10.1. The van der Waals surface area contributed by atoms with Crippen LogP contribution < -0.4 is 4.72 Å². The average Bonchev–Trinajstić information content (AvgIpc) is 2.32. The van der Waals surface area contributed by atoms with Gasteiger partial charge in [0.1, 0.15) is 0 Å². The van der Waals surface area contributed by atoms with E-state index in [1.54, 1.807) is 6.92 Å². The van der Waals surface area contributed by atoms with Crippen molar-refractivity contribution in [1.82, 2.24) is 4.72 Å². The minimum absolute atomic E-state index is 0.354. The van der Waals surface area contributed by atoms with Gasteiger partial charge >= 0.3 is 0 Å². The molecule has 0 amide bonds. The van der Waals surface area contributed by atoms with Crippen LogP contribution in [0.2, 0.25) is 0 Å². The topological polar surface area (TPSA) is 66.4 Å². The van der Waals surface area contributed by atoms with E-state index in [0.29, 0.717) is 12.5 Å². The Bertz CT molecular complexity index is 527. The summed E-state index contributed by atoms with van der Waals surface area (Å²) in [4.78, 5) is -0.380. The maximum absolute atomic E-state index is 13.0. The summed E-state index contributed by atoms with van der Waals surface area (Å²) in [6.07, 6.45) is 0.354. The Kier molecular flexibility index (Phi) is 4.41. The van der Waals surface area contributed by atoms with Crippen molar-refractivity contribution in [3.8, 4) is 0 Å². The van der Waals surface area contributed by atoms with Gasteiger partial charge in [-0.3, -0.25) is 0 Å². The van der Waals surface area contributed by atoms with Gasteiger partial charge in [0, 0.05) is 0 Å². The lowest BCUT2D eigenvalue weighted by Gasteiger charge is -2.26. The Morgan fingerprint density at radius 2 is 1.94 bits per heavy atom. The summed E-state index contributed by atoms with van der Waals surface area (Å²) in [6.45, 7) is 2.82. The summed E-state index contributed by atoms with van der Waals surface area (Å²) >= 11 is 0. The zero-order chi connectivity index (χ0) is 14.0. The summed E-state index contributed by atoms with van der Waals surface area (Å²) in [7, 11) is -4.00. The van der Waals surface area contributed by atoms with E-state index in [-0.39, 0.29) is 4.90 Å². The first-order valence-corrected chi connectivity index (χ1v) is 6.82. The molecule has 0 heterocycles. The minimum atomic E-state index is -4.00. The van der Waals surface area contributed by atoms with E-state index in [2.05, 4.69) is 4.72 Å². The second-order valence-electron chi connectivity index (χ2n) is 4.25. The molecule has 7 heteroatoms. The van der Waals surface area contributed by atoms with E-state index in [1.807, 2.05) is 0 Å². The molecule has 1 aromatic rings. The number of hydrogen-bond acceptors (Lipinski definition) is 3. The third-order valence-electron chi connectivity index (χ3n) is 2.71. The van der Waals surface area contributed by atoms with E-state index in [9.17, 15) is 17.2 Å². The molecule has 0 aliphatic heterocycles. The molecule has 0 spiro atoms. The van der Waals surface area contributed by atoms with Crippen LogP contribution in [0.15, 0.2) is 23.1 Å². The molecular weight excluding hydrogens is 264 g/mol. The van der Waals surface area contributed by atoms with Gasteiger partial charge < -0.3 is 5.11 Å². The SMILES string of the molecule is CCC(C)(CO)NS(=O)(=O)c1ccc(F)c(F)c1. The fourth-order valence-electron chi connectivity index (χ4n) is 1.24. The average molecular weight is 279 g/mol. The highest BCUT2D eigenvalue weighted by Gasteiger charge is 2.28. The lowest BCUT2D eigenvalue weighted by Crippen LogP contribution is -2.48. The second kappa shape index (κ2) is 5.29. The standard InChI is InChI=1S/C11H15F2NO3S/c1-3-11(2,7-15)14-18(16,17)8-4-5-9(12)10(13)6-8/h4-6,14-15H,3,7H2,1-2H3. The number of halogens is 2. The molecule has 0 aliphatic carbocycles. The summed E-state index contributed by atoms with van der Waals surface area (Å²) < 4.78 is 51.8. The lowest BCUT2D eigenvalue weighted by molar-refractivity contribution is 0.191. The third kappa shape index (κ3) is 3.24. The Hall–Kier alpha value is -1.05. The molecule has 0 bridgehead atoms. The molecule has 4 nitrogen and oxygen atoms in total. The van der Waals surface area contributed by atoms with Gasteiger partial charge in [-0.15, -0.1) is 0 Å². The van der Waals surface area contributed by atoms with Gasteiger partial charge in [0.25, 0.3) is 0 Å². The number of aliphatic hydroxyl groups is 1. The van der Waals surface area contributed by atoms with Crippen molar-refractivity contribution in [2.75, 3.05) is 6.61 Å². The molecule has 0 aromatic heterocycles. The summed E-state index contributed by atoms with van der Waals surface area (Å²) in [5.74, 6) is -2.35. The van der Waals surface area contributed by atoms with E-state index in [0.717, 1.165) is 12.1 Å². The summed E-state index contributed by atoms with van der Waals surface area (Å²) in [5, 5.41) is 9.13. The van der Waals surface area contributed by atoms with Crippen molar-refractivity contribution in [2.45, 2.75) is 30.7 Å². The highest BCUT2D eigenvalue weighted by molar-refractivity contribution is 7.89. The number of rotatable bonds is 5. The molecule has 0 fully saturated rings. The van der Waals surface area contributed by atoms with Gasteiger partial charge in [-0.05, 0) is 31.5 Å². The van der Waals surface area contributed by atoms with Crippen LogP contribution in [-0.2, 0) is 10.0 Å². The summed E-state index contributed by atoms with van der Waals surface area (Å²) in [6, 6.07) is 2.31. The molecule has 2 N–H and O–H groups in total. The van der Waals surface area contributed by atoms with Gasteiger partial charge in [0.05, 0.1) is 17.0 Å². The third-order valence-corrected chi connectivity index (χ3v) is 4.35. The first-order chi connectivity index (χ1) is 8.24. The molecule has 1 rings (SSSR count). The Balaban J connectivity index is 3.10. The van der Waals surface area contributed by atoms with Crippen molar-refractivity contribution >= 4 is 10.0 Å². The first kappa shape index (κ1) is 15.0. The molecule has 102 valence electrons. The fraction of sp³-hybridized carbons (Fsp3) is 0.455. The number of aliphatic hydroxyl groups excluding tert-OH is 1. The van der Waals surface area contributed by atoms with E-state index in [4.69, 9.17) is 5.11 Å². The van der Waals surface area contributed by atoms with E-state index in [1.165, 1.54) is 6.92 Å². The van der Waals surface area contributed by atoms with Crippen LogP contribution >= 0.6 is 0 Å². The van der Waals surface area contributed by atoms with Crippen molar-refractivity contribution in [3.63, 3.8) is 0 Å². The predicted octanol–water partition coefficient (Wildman–Crippen LogP) is 1.40. The van der Waals surface area contributed by atoms with Crippen LogP contribution in [0.25, 0.3) is 0 Å². The largest absolute Gasteiger partial charge is 0.394 e. The molecule has 0 radical (unpaired) electrons. The maximum atomic E-state index is 13.0. The van der Waals surface area contributed by atoms with Gasteiger partial charge in [-0.25, -0.2) is 21.9 Å². The second-order valence-corrected chi connectivity index (χ2v) is 5.94. The molecule has 1 unspecified atom stereocenters. The molecule has 0 aliphatic rings. The number of hydrogen-bond donors (Lipinski definition) is 2. The van der Waals surface area contributed by atoms with Gasteiger partial charge in [0.2, 0.25) is 10.0 Å². The lowest BCUT2D eigenvalue weighted by atomic mass is 10.0. The van der Waals surface area contributed by atoms with Crippen LogP contribution in [0.3, 0.4) is 0 Å². The van der Waals surface area contributed by atoms with Crippen LogP contribution in [0.1, 0.15) is 20.3 Å². The van der Waals surface area contributed by atoms with Gasteiger partial charge in [0.15, 0.2) is 11.6 Å². The predicted molar refractivity (Wildman–Crippen MR) is 62.5 cm³/mol. The zero-order valence-corrected chi connectivity index (χ0v) is 10.9. The highest BCUT2D eigenvalue weighted by atomic mass is 32.2. The number of nitrogens with one attached hydrogen (secondary N) is 1. The number of sulfonamides is 1. The highest BCUT2D eigenvalue weighted by Crippen LogP contribution is 2.17.